The van der Waals surface area contributed by atoms with Gasteiger partial charge < -0.3 is 19.5 Å². The van der Waals surface area contributed by atoms with Crippen LogP contribution in [0.5, 0.6) is 0 Å². The molecule has 0 saturated carbocycles. The largest absolute Gasteiger partial charge is 0.459 e. The van der Waals surface area contributed by atoms with E-state index in [1.807, 2.05) is 0 Å². The molecule has 0 aliphatic carbocycles. The van der Waals surface area contributed by atoms with Gasteiger partial charge in [0.05, 0.1) is 17.4 Å². The number of nitro benzene ring substituents is 1. The minimum Gasteiger partial charge on any atom is -0.459 e. The van der Waals surface area contributed by atoms with Gasteiger partial charge in [0, 0.05) is 11.8 Å². The molecule has 126 valence electrons. The molecule has 2 N–H and O–H groups in total. The van der Waals surface area contributed by atoms with Crippen LogP contribution in [0.2, 0.25) is 0 Å². The lowest BCUT2D eigenvalue weighted by Gasteiger charge is -2.08. The average Bonchev–Trinajstić information content (AvgIpc) is 3.28. The molecule has 0 unspecified atom stereocenters. The maximum atomic E-state index is 12.0. The second-order valence-corrected chi connectivity index (χ2v) is 4.85. The molecule has 0 atom stereocenters. The summed E-state index contributed by atoms with van der Waals surface area (Å²) in [5, 5.41) is 16.1. The van der Waals surface area contributed by atoms with E-state index < -0.39 is 16.7 Å². The van der Waals surface area contributed by atoms with Gasteiger partial charge in [0.2, 0.25) is 0 Å². The summed E-state index contributed by atoms with van der Waals surface area (Å²) in [5.41, 5.74) is -0.152. The van der Waals surface area contributed by atoms with E-state index in [4.69, 9.17) is 8.83 Å². The predicted molar refractivity (Wildman–Crippen MR) is 86.4 cm³/mol. The topological polar surface area (TPSA) is 128 Å². The van der Waals surface area contributed by atoms with Gasteiger partial charge in [-0.05, 0) is 36.4 Å². The monoisotopic (exact) mass is 341 g/mol. The highest BCUT2D eigenvalue weighted by molar-refractivity contribution is 6.05. The average molecular weight is 341 g/mol. The lowest BCUT2D eigenvalue weighted by molar-refractivity contribution is -0.383. The van der Waals surface area contributed by atoms with Gasteiger partial charge >= 0.3 is 0 Å². The van der Waals surface area contributed by atoms with Gasteiger partial charge in [-0.15, -0.1) is 0 Å². The van der Waals surface area contributed by atoms with Crippen molar-refractivity contribution in [1.29, 1.82) is 0 Å². The number of benzene rings is 1. The molecule has 0 saturated heterocycles. The number of furan rings is 2. The van der Waals surface area contributed by atoms with Crippen molar-refractivity contribution in [2.24, 2.45) is 0 Å². The molecule has 2 heterocycles. The molecule has 0 bridgehead atoms. The van der Waals surface area contributed by atoms with E-state index in [0.29, 0.717) is 0 Å². The third-order valence-corrected chi connectivity index (χ3v) is 3.19. The SMILES string of the molecule is O=C(Nc1ccc([N+](=O)[O-])c(NC(=O)c2ccco2)c1)c1ccco1. The number of rotatable bonds is 5. The van der Waals surface area contributed by atoms with E-state index in [1.54, 1.807) is 6.07 Å². The van der Waals surface area contributed by atoms with Gasteiger partial charge in [-0.1, -0.05) is 0 Å². The molecule has 0 aliphatic heterocycles. The zero-order valence-corrected chi connectivity index (χ0v) is 12.6. The fourth-order valence-electron chi connectivity index (χ4n) is 2.07. The molecule has 2 aromatic heterocycles. The number of anilines is 2. The molecule has 9 heteroatoms. The third-order valence-electron chi connectivity index (χ3n) is 3.19. The fourth-order valence-corrected chi connectivity index (χ4v) is 2.07. The standard InChI is InChI=1S/C16H11N3O6/c20-15(13-3-1-7-24-13)17-10-5-6-12(19(22)23)11(9-10)18-16(21)14-4-2-8-25-14/h1-9H,(H,17,20)(H,18,21). The van der Waals surface area contributed by atoms with Crippen LogP contribution in [-0.2, 0) is 0 Å². The Morgan fingerprint density at radius 3 is 2.04 bits per heavy atom. The van der Waals surface area contributed by atoms with Crippen molar-refractivity contribution < 1.29 is 23.3 Å². The summed E-state index contributed by atoms with van der Waals surface area (Å²) in [6, 6.07) is 9.77. The van der Waals surface area contributed by atoms with E-state index in [-0.39, 0.29) is 28.6 Å². The Hall–Kier alpha value is -3.88. The van der Waals surface area contributed by atoms with Crippen LogP contribution in [0.3, 0.4) is 0 Å². The van der Waals surface area contributed by atoms with Gasteiger partial charge in [0.15, 0.2) is 11.5 Å². The summed E-state index contributed by atoms with van der Waals surface area (Å²) >= 11 is 0. The van der Waals surface area contributed by atoms with E-state index in [1.165, 1.54) is 48.9 Å². The van der Waals surface area contributed by atoms with Gasteiger partial charge in [-0.3, -0.25) is 19.7 Å². The van der Waals surface area contributed by atoms with E-state index in [0.717, 1.165) is 0 Å². The first kappa shape index (κ1) is 16.0. The number of nitro groups is 1. The first-order valence-corrected chi connectivity index (χ1v) is 7.03. The Morgan fingerprint density at radius 1 is 0.920 bits per heavy atom. The lowest BCUT2D eigenvalue weighted by Crippen LogP contribution is -2.14. The van der Waals surface area contributed by atoms with Crippen molar-refractivity contribution in [2.45, 2.75) is 0 Å². The smallest absolute Gasteiger partial charge is 0.292 e. The predicted octanol–water partition coefficient (Wildman–Crippen LogP) is 3.29. The second-order valence-electron chi connectivity index (χ2n) is 4.85. The van der Waals surface area contributed by atoms with Crippen LogP contribution < -0.4 is 10.6 Å². The molecule has 3 aromatic rings. The third kappa shape index (κ3) is 3.55. The van der Waals surface area contributed by atoms with Crippen LogP contribution in [0, 0.1) is 10.1 Å². The van der Waals surface area contributed by atoms with Gasteiger partial charge in [-0.2, -0.15) is 0 Å². The minimum absolute atomic E-state index is 0.000628. The summed E-state index contributed by atoms with van der Waals surface area (Å²) in [6.07, 6.45) is 2.66. The summed E-state index contributed by atoms with van der Waals surface area (Å²) in [6.45, 7) is 0. The second kappa shape index (κ2) is 6.71. The molecule has 0 spiro atoms. The molecule has 25 heavy (non-hydrogen) atoms. The fraction of sp³-hybridized carbons (Fsp3) is 0. The maximum absolute atomic E-state index is 12.0. The number of amides is 2. The van der Waals surface area contributed by atoms with Crippen molar-refractivity contribution in [3.63, 3.8) is 0 Å². The molecular formula is C16H11N3O6. The zero-order chi connectivity index (χ0) is 17.8. The molecule has 3 rings (SSSR count). The molecule has 0 fully saturated rings. The number of nitrogens with zero attached hydrogens (tertiary/aromatic N) is 1. The van der Waals surface area contributed by atoms with Crippen molar-refractivity contribution >= 4 is 28.9 Å². The van der Waals surface area contributed by atoms with Gasteiger partial charge in [0.1, 0.15) is 5.69 Å². The van der Waals surface area contributed by atoms with Crippen LogP contribution >= 0.6 is 0 Å². The highest BCUT2D eigenvalue weighted by atomic mass is 16.6. The Kier molecular flexibility index (Phi) is 4.29. The Bertz CT molecular complexity index is 916. The number of carbonyl (C=O) groups is 2. The van der Waals surface area contributed by atoms with Crippen LogP contribution in [0.15, 0.2) is 63.8 Å². The first-order valence-electron chi connectivity index (χ1n) is 7.03. The molecule has 0 aliphatic rings. The van der Waals surface area contributed by atoms with Crippen LogP contribution in [0.4, 0.5) is 17.1 Å². The Morgan fingerprint density at radius 2 is 1.52 bits per heavy atom. The summed E-state index contributed by atoms with van der Waals surface area (Å²) < 4.78 is 9.92. The maximum Gasteiger partial charge on any atom is 0.292 e. The number of carbonyl (C=O) groups excluding carboxylic acids is 2. The van der Waals surface area contributed by atoms with Gasteiger partial charge in [0.25, 0.3) is 17.5 Å². The van der Waals surface area contributed by atoms with Crippen molar-refractivity contribution in [3.8, 4) is 0 Å². The van der Waals surface area contributed by atoms with Crippen LogP contribution in [0.1, 0.15) is 21.1 Å². The summed E-state index contributed by atoms with van der Waals surface area (Å²) in [7, 11) is 0. The summed E-state index contributed by atoms with van der Waals surface area (Å²) in [5.74, 6) is -1.09. The van der Waals surface area contributed by atoms with Crippen molar-refractivity contribution in [3.05, 3.63) is 76.6 Å². The highest BCUT2D eigenvalue weighted by Gasteiger charge is 2.19. The van der Waals surface area contributed by atoms with Crippen molar-refractivity contribution in [2.75, 3.05) is 10.6 Å². The number of hydrogen-bond donors (Lipinski definition) is 2. The van der Waals surface area contributed by atoms with E-state index >= 15 is 0 Å². The molecule has 9 nitrogen and oxygen atoms in total. The molecule has 0 radical (unpaired) electrons. The lowest BCUT2D eigenvalue weighted by atomic mass is 10.2. The Labute approximate surface area is 140 Å². The van der Waals surface area contributed by atoms with Gasteiger partial charge in [-0.25, -0.2) is 0 Å². The van der Waals surface area contributed by atoms with E-state index in [9.17, 15) is 19.7 Å². The number of nitrogens with one attached hydrogen (secondary N) is 2. The molecule has 1 aromatic carbocycles. The van der Waals surface area contributed by atoms with Crippen LogP contribution in [-0.4, -0.2) is 16.7 Å². The zero-order valence-electron chi connectivity index (χ0n) is 12.6. The first-order chi connectivity index (χ1) is 12.0. The van der Waals surface area contributed by atoms with Crippen molar-refractivity contribution in [1.82, 2.24) is 0 Å². The van der Waals surface area contributed by atoms with E-state index in [2.05, 4.69) is 10.6 Å². The molecule has 2 amide bonds. The summed E-state index contributed by atoms with van der Waals surface area (Å²) in [4.78, 5) is 34.5. The quantitative estimate of drug-likeness (QED) is 0.541. The molecular weight excluding hydrogens is 330 g/mol. The minimum atomic E-state index is -0.650. The highest BCUT2D eigenvalue weighted by Crippen LogP contribution is 2.28. The van der Waals surface area contributed by atoms with Crippen LogP contribution in [0.25, 0.3) is 0 Å². The Balaban J connectivity index is 1.85. The number of hydrogen-bond acceptors (Lipinski definition) is 6. The normalized spacial score (nSPS) is 10.2.